The highest BCUT2D eigenvalue weighted by molar-refractivity contribution is 6.01. The number of carboxylic acid groups (broad SMARTS) is 1. The quantitative estimate of drug-likeness (QED) is 0.732. The molecule has 0 saturated heterocycles. The highest BCUT2D eigenvalue weighted by Gasteiger charge is 2.16. The van der Waals surface area contributed by atoms with Crippen LogP contribution in [0, 0.1) is 5.92 Å². The maximum Gasteiger partial charge on any atom is 0.337 e. The number of amides is 2. The first-order chi connectivity index (χ1) is 10.3. The molecule has 3 N–H and O–H groups in total. The average Bonchev–Trinajstić information content (AvgIpc) is 2.46. The molecule has 0 radical (unpaired) electrons. The van der Waals surface area contributed by atoms with Gasteiger partial charge in [0.05, 0.1) is 17.8 Å². The Kier molecular flexibility index (Phi) is 5.91. The molecule has 0 aliphatic rings. The van der Waals surface area contributed by atoms with E-state index in [1.165, 1.54) is 19.2 Å². The lowest BCUT2D eigenvalue weighted by Crippen LogP contribution is -2.33. The highest BCUT2D eigenvalue weighted by atomic mass is 16.4. The number of carbonyl (C=O) groups excluding carboxylic acids is 2. The van der Waals surface area contributed by atoms with Crippen LogP contribution >= 0.6 is 0 Å². The molecule has 0 fully saturated rings. The van der Waals surface area contributed by atoms with Crippen LogP contribution in [0.25, 0.3) is 0 Å². The van der Waals surface area contributed by atoms with Crippen molar-refractivity contribution in [3.63, 3.8) is 0 Å². The first-order valence-electron chi connectivity index (χ1n) is 6.86. The Balaban J connectivity index is 3.06. The number of likely N-dealkylation sites (N-methyl/N-ethyl adjacent to an activating group) is 2. The number of hydrogen-bond donors (Lipinski definition) is 3. The van der Waals surface area contributed by atoms with Crippen molar-refractivity contribution in [2.24, 2.45) is 5.92 Å². The molecule has 0 aliphatic heterocycles. The fourth-order valence-corrected chi connectivity index (χ4v) is 1.72. The standard InChI is InChI=1S/C15H21N3O4/c1-9(2)14(20)17-12-6-5-10(7-11(12)15(21)22)18(4)8-13(19)16-3/h5-7,9H,8H2,1-4H3,(H,16,19)(H,17,20)(H,21,22). The second-order valence-electron chi connectivity index (χ2n) is 5.21. The lowest BCUT2D eigenvalue weighted by molar-refractivity contribution is -0.119. The smallest absolute Gasteiger partial charge is 0.337 e. The third kappa shape index (κ3) is 4.47. The van der Waals surface area contributed by atoms with Gasteiger partial charge in [0, 0.05) is 25.7 Å². The van der Waals surface area contributed by atoms with Crippen molar-refractivity contribution >= 4 is 29.2 Å². The molecule has 120 valence electrons. The van der Waals surface area contributed by atoms with Crippen molar-refractivity contribution < 1.29 is 19.5 Å². The van der Waals surface area contributed by atoms with Gasteiger partial charge in [-0.2, -0.15) is 0 Å². The van der Waals surface area contributed by atoms with E-state index in [1.54, 1.807) is 31.9 Å². The largest absolute Gasteiger partial charge is 0.478 e. The predicted octanol–water partition coefficient (Wildman–Crippen LogP) is 1.16. The Bertz CT molecular complexity index is 584. The lowest BCUT2D eigenvalue weighted by atomic mass is 10.1. The van der Waals surface area contributed by atoms with Crippen LogP contribution in [0.2, 0.25) is 0 Å². The van der Waals surface area contributed by atoms with Crippen molar-refractivity contribution in [3.8, 4) is 0 Å². The number of hydrogen-bond acceptors (Lipinski definition) is 4. The van der Waals surface area contributed by atoms with Crippen LogP contribution in [0.5, 0.6) is 0 Å². The molecule has 7 heteroatoms. The maximum absolute atomic E-state index is 11.7. The Morgan fingerprint density at radius 2 is 1.91 bits per heavy atom. The number of rotatable bonds is 6. The van der Waals surface area contributed by atoms with Crippen molar-refractivity contribution in [2.45, 2.75) is 13.8 Å². The molecule has 7 nitrogen and oxygen atoms in total. The minimum atomic E-state index is -1.14. The summed E-state index contributed by atoms with van der Waals surface area (Å²) in [7, 11) is 3.21. The molecule has 1 aromatic rings. The summed E-state index contributed by atoms with van der Waals surface area (Å²) in [4.78, 5) is 36.1. The van der Waals surface area contributed by atoms with Crippen molar-refractivity contribution in [2.75, 3.05) is 30.9 Å². The molecule has 2 amide bonds. The molecule has 22 heavy (non-hydrogen) atoms. The fraction of sp³-hybridized carbons (Fsp3) is 0.400. The first-order valence-corrected chi connectivity index (χ1v) is 6.86. The second kappa shape index (κ2) is 7.44. The monoisotopic (exact) mass is 307 g/mol. The van der Waals surface area contributed by atoms with E-state index in [0.717, 1.165) is 0 Å². The number of carboxylic acids is 1. The van der Waals surface area contributed by atoms with Crippen LogP contribution in [-0.2, 0) is 9.59 Å². The van der Waals surface area contributed by atoms with Crippen LogP contribution in [0.3, 0.4) is 0 Å². The predicted molar refractivity (Wildman–Crippen MR) is 84.2 cm³/mol. The normalized spacial score (nSPS) is 10.2. The number of aromatic carboxylic acids is 1. The third-order valence-electron chi connectivity index (χ3n) is 3.12. The van der Waals surface area contributed by atoms with Gasteiger partial charge in [-0.05, 0) is 18.2 Å². The number of anilines is 2. The fourth-order valence-electron chi connectivity index (χ4n) is 1.72. The number of nitrogens with one attached hydrogen (secondary N) is 2. The van der Waals surface area contributed by atoms with Gasteiger partial charge < -0.3 is 20.6 Å². The topological polar surface area (TPSA) is 98.7 Å². The summed E-state index contributed by atoms with van der Waals surface area (Å²) >= 11 is 0. The molecule has 0 spiro atoms. The molecule has 1 rings (SSSR count). The van der Waals surface area contributed by atoms with E-state index in [0.29, 0.717) is 5.69 Å². The maximum atomic E-state index is 11.7. The van der Waals surface area contributed by atoms with Crippen LogP contribution in [0.15, 0.2) is 18.2 Å². The van der Waals surface area contributed by atoms with E-state index < -0.39 is 5.97 Å². The number of nitrogens with zero attached hydrogens (tertiary/aromatic N) is 1. The summed E-state index contributed by atoms with van der Waals surface area (Å²) in [6.45, 7) is 3.55. The second-order valence-corrected chi connectivity index (χ2v) is 5.21. The Morgan fingerprint density at radius 3 is 2.41 bits per heavy atom. The van der Waals surface area contributed by atoms with E-state index >= 15 is 0 Å². The minimum absolute atomic E-state index is 0.0183. The zero-order valence-corrected chi connectivity index (χ0v) is 13.1. The van der Waals surface area contributed by atoms with Crippen molar-refractivity contribution in [1.29, 1.82) is 0 Å². The molecule has 0 atom stereocenters. The zero-order valence-electron chi connectivity index (χ0n) is 13.1. The van der Waals surface area contributed by atoms with E-state index in [-0.39, 0.29) is 35.5 Å². The van der Waals surface area contributed by atoms with E-state index in [2.05, 4.69) is 10.6 Å². The number of benzene rings is 1. The SMILES string of the molecule is CNC(=O)CN(C)c1ccc(NC(=O)C(C)C)c(C(=O)O)c1. The molecular weight excluding hydrogens is 286 g/mol. The van der Waals surface area contributed by atoms with Gasteiger partial charge in [0.25, 0.3) is 0 Å². The summed E-state index contributed by atoms with van der Waals surface area (Å²) in [6.07, 6.45) is 0. The highest BCUT2D eigenvalue weighted by Crippen LogP contribution is 2.23. The molecule has 0 heterocycles. The van der Waals surface area contributed by atoms with Crippen LogP contribution in [-0.4, -0.2) is 43.5 Å². The third-order valence-corrected chi connectivity index (χ3v) is 3.12. The van der Waals surface area contributed by atoms with Gasteiger partial charge in [0.15, 0.2) is 0 Å². The summed E-state index contributed by atoms with van der Waals surface area (Å²) in [6, 6.07) is 4.62. The average molecular weight is 307 g/mol. The lowest BCUT2D eigenvalue weighted by Gasteiger charge is -2.20. The van der Waals surface area contributed by atoms with Gasteiger partial charge in [-0.15, -0.1) is 0 Å². The summed E-state index contributed by atoms with van der Waals surface area (Å²) < 4.78 is 0. The summed E-state index contributed by atoms with van der Waals surface area (Å²) in [5.41, 5.74) is 0.794. The van der Waals surface area contributed by atoms with Gasteiger partial charge in [-0.3, -0.25) is 9.59 Å². The van der Waals surface area contributed by atoms with Gasteiger partial charge in [0.2, 0.25) is 11.8 Å². The number of carbonyl (C=O) groups is 3. The summed E-state index contributed by atoms with van der Waals surface area (Å²) in [5, 5.41) is 14.4. The van der Waals surface area contributed by atoms with E-state index in [4.69, 9.17) is 0 Å². The van der Waals surface area contributed by atoms with Crippen LogP contribution in [0.4, 0.5) is 11.4 Å². The molecule has 0 aromatic heterocycles. The Hall–Kier alpha value is -2.57. The van der Waals surface area contributed by atoms with E-state index in [9.17, 15) is 19.5 Å². The Morgan fingerprint density at radius 1 is 1.27 bits per heavy atom. The van der Waals surface area contributed by atoms with Crippen molar-refractivity contribution in [3.05, 3.63) is 23.8 Å². The molecule has 0 unspecified atom stereocenters. The summed E-state index contributed by atoms with van der Waals surface area (Å²) in [5.74, 6) is -1.84. The molecular formula is C15H21N3O4. The molecule has 1 aromatic carbocycles. The molecule has 0 bridgehead atoms. The molecule has 0 aliphatic carbocycles. The Labute approximate surface area is 129 Å². The van der Waals surface area contributed by atoms with E-state index in [1.807, 2.05) is 0 Å². The van der Waals surface area contributed by atoms with Gasteiger partial charge in [0.1, 0.15) is 0 Å². The van der Waals surface area contributed by atoms with Crippen LogP contribution < -0.4 is 15.5 Å². The van der Waals surface area contributed by atoms with Gasteiger partial charge in [-0.1, -0.05) is 13.8 Å². The zero-order chi connectivity index (χ0) is 16.9. The van der Waals surface area contributed by atoms with Crippen molar-refractivity contribution in [1.82, 2.24) is 5.32 Å². The molecule has 0 saturated carbocycles. The minimum Gasteiger partial charge on any atom is -0.478 e. The van der Waals surface area contributed by atoms with Gasteiger partial charge >= 0.3 is 5.97 Å². The van der Waals surface area contributed by atoms with Crippen LogP contribution in [0.1, 0.15) is 24.2 Å². The first kappa shape index (κ1) is 17.5. The van der Waals surface area contributed by atoms with Gasteiger partial charge in [-0.25, -0.2) is 4.79 Å².